The van der Waals surface area contributed by atoms with Gasteiger partial charge in [0.2, 0.25) is 0 Å². The second-order valence-electron chi connectivity index (χ2n) is 4.35. The summed E-state index contributed by atoms with van der Waals surface area (Å²) in [6.07, 6.45) is 6.06. The normalized spacial score (nSPS) is 20.4. The second-order valence-corrected chi connectivity index (χ2v) is 4.35. The minimum Gasteiger partial charge on any atom is -0.383 e. The van der Waals surface area contributed by atoms with Gasteiger partial charge >= 0.3 is 0 Å². The Hall–Kier alpha value is -0.120. The van der Waals surface area contributed by atoms with Crippen molar-refractivity contribution in [1.82, 2.24) is 5.32 Å². The molecule has 0 aromatic rings. The molecule has 0 aromatic carbocycles. The van der Waals surface area contributed by atoms with Gasteiger partial charge in [-0.3, -0.25) is 0 Å². The third kappa shape index (κ3) is 5.50. The highest BCUT2D eigenvalue weighted by Gasteiger charge is 2.17. The predicted molar refractivity (Wildman–Crippen MR) is 62.2 cm³/mol. The van der Waals surface area contributed by atoms with E-state index in [9.17, 15) is 0 Å². The SMILES string of the molecule is CCCCC(COC)NC1CCOCC1. The maximum Gasteiger partial charge on any atom is 0.0615 e. The van der Waals surface area contributed by atoms with Gasteiger partial charge in [0.1, 0.15) is 0 Å². The van der Waals surface area contributed by atoms with E-state index in [4.69, 9.17) is 9.47 Å². The number of rotatable bonds is 7. The zero-order valence-electron chi connectivity index (χ0n) is 10.1. The Kier molecular flexibility index (Phi) is 6.98. The summed E-state index contributed by atoms with van der Waals surface area (Å²) in [4.78, 5) is 0. The van der Waals surface area contributed by atoms with E-state index in [1.165, 1.54) is 19.3 Å². The lowest BCUT2D eigenvalue weighted by Crippen LogP contribution is -2.43. The molecular formula is C12H25NO2. The van der Waals surface area contributed by atoms with Crippen LogP contribution in [-0.2, 0) is 9.47 Å². The number of methoxy groups -OCH3 is 1. The molecule has 1 aliphatic heterocycles. The van der Waals surface area contributed by atoms with Gasteiger partial charge in [-0.15, -0.1) is 0 Å². The van der Waals surface area contributed by atoms with Crippen molar-refractivity contribution in [1.29, 1.82) is 0 Å². The van der Waals surface area contributed by atoms with Crippen molar-refractivity contribution in [2.45, 2.75) is 51.1 Å². The van der Waals surface area contributed by atoms with Crippen LogP contribution in [0.1, 0.15) is 39.0 Å². The largest absolute Gasteiger partial charge is 0.383 e. The van der Waals surface area contributed by atoms with Crippen LogP contribution in [0.5, 0.6) is 0 Å². The molecule has 0 aromatic heterocycles. The molecule has 1 fully saturated rings. The topological polar surface area (TPSA) is 30.5 Å². The van der Waals surface area contributed by atoms with Crippen LogP contribution in [0.4, 0.5) is 0 Å². The lowest BCUT2D eigenvalue weighted by atomic mass is 10.1. The first kappa shape index (κ1) is 12.9. The Morgan fingerprint density at radius 2 is 2.13 bits per heavy atom. The monoisotopic (exact) mass is 215 g/mol. The zero-order valence-corrected chi connectivity index (χ0v) is 10.1. The van der Waals surface area contributed by atoms with Gasteiger partial charge in [-0.25, -0.2) is 0 Å². The van der Waals surface area contributed by atoms with Crippen molar-refractivity contribution in [2.75, 3.05) is 26.9 Å². The third-order valence-electron chi connectivity index (χ3n) is 2.97. The number of unbranched alkanes of at least 4 members (excludes halogenated alkanes) is 1. The number of hydrogen-bond acceptors (Lipinski definition) is 3. The Bertz CT molecular complexity index is 147. The zero-order chi connectivity index (χ0) is 10.9. The highest BCUT2D eigenvalue weighted by Crippen LogP contribution is 2.10. The van der Waals surface area contributed by atoms with E-state index in [1.807, 2.05) is 0 Å². The molecule has 0 spiro atoms. The summed E-state index contributed by atoms with van der Waals surface area (Å²) in [6.45, 7) is 4.88. The van der Waals surface area contributed by atoms with Crippen LogP contribution in [0.3, 0.4) is 0 Å². The van der Waals surface area contributed by atoms with Gasteiger partial charge in [-0.2, -0.15) is 0 Å². The second kappa shape index (κ2) is 8.08. The lowest BCUT2D eigenvalue weighted by molar-refractivity contribution is 0.0678. The van der Waals surface area contributed by atoms with E-state index < -0.39 is 0 Å². The van der Waals surface area contributed by atoms with E-state index in [0.29, 0.717) is 12.1 Å². The summed E-state index contributed by atoms with van der Waals surface area (Å²) < 4.78 is 10.6. The average molecular weight is 215 g/mol. The summed E-state index contributed by atoms with van der Waals surface area (Å²) >= 11 is 0. The standard InChI is InChI=1S/C12H25NO2/c1-3-4-5-12(10-14-2)13-11-6-8-15-9-7-11/h11-13H,3-10H2,1-2H3. The van der Waals surface area contributed by atoms with Crippen molar-refractivity contribution in [3.63, 3.8) is 0 Å². The fraction of sp³-hybridized carbons (Fsp3) is 1.00. The fourth-order valence-electron chi connectivity index (χ4n) is 2.06. The molecule has 3 nitrogen and oxygen atoms in total. The first-order chi connectivity index (χ1) is 7.36. The molecule has 1 saturated heterocycles. The molecule has 1 rings (SSSR count). The maximum atomic E-state index is 5.35. The molecule has 1 heterocycles. The molecule has 3 heteroatoms. The van der Waals surface area contributed by atoms with E-state index in [0.717, 1.165) is 32.7 Å². The molecule has 0 bridgehead atoms. The van der Waals surface area contributed by atoms with E-state index in [-0.39, 0.29) is 0 Å². The van der Waals surface area contributed by atoms with Crippen LogP contribution in [0, 0.1) is 0 Å². The van der Waals surface area contributed by atoms with Crippen molar-refractivity contribution in [3.8, 4) is 0 Å². The van der Waals surface area contributed by atoms with Gasteiger partial charge in [0.05, 0.1) is 6.61 Å². The molecule has 1 atom stereocenters. The minimum absolute atomic E-state index is 0.526. The van der Waals surface area contributed by atoms with Gasteiger partial charge in [-0.05, 0) is 19.3 Å². The number of nitrogens with one attached hydrogen (secondary N) is 1. The summed E-state index contributed by atoms with van der Waals surface area (Å²) in [5.41, 5.74) is 0. The molecule has 0 saturated carbocycles. The van der Waals surface area contributed by atoms with E-state index in [2.05, 4.69) is 12.2 Å². The van der Waals surface area contributed by atoms with Crippen LogP contribution in [0.25, 0.3) is 0 Å². The number of hydrogen-bond donors (Lipinski definition) is 1. The van der Waals surface area contributed by atoms with Gasteiger partial charge in [0, 0.05) is 32.4 Å². The molecule has 15 heavy (non-hydrogen) atoms. The van der Waals surface area contributed by atoms with Gasteiger partial charge < -0.3 is 14.8 Å². The van der Waals surface area contributed by atoms with Crippen molar-refractivity contribution in [2.24, 2.45) is 0 Å². The van der Waals surface area contributed by atoms with Crippen LogP contribution in [-0.4, -0.2) is 39.0 Å². The molecule has 1 aliphatic rings. The third-order valence-corrected chi connectivity index (χ3v) is 2.97. The molecule has 90 valence electrons. The smallest absolute Gasteiger partial charge is 0.0615 e. The highest BCUT2D eigenvalue weighted by atomic mass is 16.5. The first-order valence-electron chi connectivity index (χ1n) is 6.19. The first-order valence-corrected chi connectivity index (χ1v) is 6.19. The van der Waals surface area contributed by atoms with E-state index >= 15 is 0 Å². The summed E-state index contributed by atoms with van der Waals surface area (Å²) in [7, 11) is 1.78. The molecule has 1 unspecified atom stereocenters. The molecule has 0 amide bonds. The molecular weight excluding hydrogens is 190 g/mol. The molecule has 1 N–H and O–H groups in total. The summed E-state index contributed by atoms with van der Waals surface area (Å²) in [6, 6.07) is 1.16. The van der Waals surface area contributed by atoms with Crippen molar-refractivity contribution >= 4 is 0 Å². The van der Waals surface area contributed by atoms with Crippen LogP contribution in [0.2, 0.25) is 0 Å². The fourth-order valence-corrected chi connectivity index (χ4v) is 2.06. The van der Waals surface area contributed by atoms with Gasteiger partial charge in [0.25, 0.3) is 0 Å². The van der Waals surface area contributed by atoms with Crippen molar-refractivity contribution < 1.29 is 9.47 Å². The Balaban J connectivity index is 2.21. The lowest BCUT2D eigenvalue weighted by Gasteiger charge is -2.28. The quantitative estimate of drug-likeness (QED) is 0.704. The van der Waals surface area contributed by atoms with Gasteiger partial charge in [0.15, 0.2) is 0 Å². The van der Waals surface area contributed by atoms with Crippen LogP contribution in [0.15, 0.2) is 0 Å². The van der Waals surface area contributed by atoms with Crippen LogP contribution >= 0.6 is 0 Å². The van der Waals surface area contributed by atoms with Gasteiger partial charge in [-0.1, -0.05) is 19.8 Å². The predicted octanol–water partition coefficient (Wildman–Crippen LogP) is 1.96. The molecule has 0 radical (unpaired) electrons. The van der Waals surface area contributed by atoms with Crippen molar-refractivity contribution in [3.05, 3.63) is 0 Å². The Morgan fingerprint density at radius 3 is 2.73 bits per heavy atom. The minimum atomic E-state index is 0.526. The Morgan fingerprint density at radius 1 is 1.40 bits per heavy atom. The van der Waals surface area contributed by atoms with E-state index in [1.54, 1.807) is 7.11 Å². The summed E-state index contributed by atoms with van der Waals surface area (Å²) in [5, 5.41) is 3.69. The highest BCUT2D eigenvalue weighted by molar-refractivity contribution is 4.76. The maximum absolute atomic E-state index is 5.35. The average Bonchev–Trinajstić information content (AvgIpc) is 2.28. The van der Waals surface area contributed by atoms with Crippen LogP contribution < -0.4 is 5.32 Å². The number of ether oxygens (including phenoxy) is 2. The summed E-state index contributed by atoms with van der Waals surface area (Å²) in [5.74, 6) is 0. The molecule has 0 aliphatic carbocycles. The Labute approximate surface area is 93.5 Å².